The van der Waals surface area contributed by atoms with Crippen molar-refractivity contribution < 1.29 is 4.74 Å². The van der Waals surface area contributed by atoms with E-state index < -0.39 is 0 Å². The molecular formula is C14H28O. The molecular weight excluding hydrogens is 184 g/mol. The molecule has 0 spiro atoms. The van der Waals surface area contributed by atoms with Gasteiger partial charge in [0.2, 0.25) is 0 Å². The van der Waals surface area contributed by atoms with Gasteiger partial charge in [-0.2, -0.15) is 0 Å². The third-order valence-corrected chi connectivity index (χ3v) is 3.21. The fourth-order valence-corrected chi connectivity index (χ4v) is 2.11. The minimum Gasteiger partial charge on any atom is -0.381 e. The monoisotopic (exact) mass is 212 g/mol. The van der Waals surface area contributed by atoms with Crippen LogP contribution in [0.25, 0.3) is 0 Å². The molecule has 0 aromatic heterocycles. The van der Waals surface area contributed by atoms with Crippen molar-refractivity contribution in [2.24, 2.45) is 23.7 Å². The molecule has 0 bridgehead atoms. The van der Waals surface area contributed by atoms with E-state index in [0.717, 1.165) is 31.0 Å². The standard InChI is InChI=1S/C14H28O/c1-11(2)6-5-7-13-8-14(13)10-15-9-12(3)4/h11-14H,5-10H2,1-4H3/t13-,14+/m1/s1. The molecule has 1 rings (SSSR count). The number of hydrogen-bond acceptors (Lipinski definition) is 1. The molecule has 1 nitrogen and oxygen atoms in total. The second-order valence-corrected chi connectivity index (χ2v) is 6.01. The van der Waals surface area contributed by atoms with Crippen molar-refractivity contribution in [3.8, 4) is 0 Å². The van der Waals surface area contributed by atoms with Crippen LogP contribution in [-0.2, 0) is 4.74 Å². The molecule has 1 aliphatic rings. The first kappa shape index (κ1) is 13.0. The van der Waals surface area contributed by atoms with Gasteiger partial charge in [-0.25, -0.2) is 0 Å². The Kier molecular flexibility index (Phi) is 5.66. The summed E-state index contributed by atoms with van der Waals surface area (Å²) in [5.41, 5.74) is 0. The van der Waals surface area contributed by atoms with Crippen LogP contribution in [0.4, 0.5) is 0 Å². The zero-order chi connectivity index (χ0) is 11.3. The summed E-state index contributed by atoms with van der Waals surface area (Å²) in [7, 11) is 0. The zero-order valence-corrected chi connectivity index (χ0v) is 11.0. The number of hydrogen-bond donors (Lipinski definition) is 0. The smallest absolute Gasteiger partial charge is 0.0497 e. The van der Waals surface area contributed by atoms with Gasteiger partial charge in [0.05, 0.1) is 0 Å². The molecule has 0 saturated heterocycles. The van der Waals surface area contributed by atoms with E-state index in [4.69, 9.17) is 4.74 Å². The zero-order valence-electron chi connectivity index (χ0n) is 11.0. The third kappa shape index (κ3) is 6.19. The average Bonchev–Trinajstić information content (AvgIpc) is 2.82. The van der Waals surface area contributed by atoms with Gasteiger partial charge < -0.3 is 4.74 Å². The highest BCUT2D eigenvalue weighted by Gasteiger charge is 2.36. The maximum Gasteiger partial charge on any atom is 0.0497 e. The maximum atomic E-state index is 5.68. The SMILES string of the molecule is CC(C)CCC[C@@H]1C[C@H]1COCC(C)C. The Labute approximate surface area is 95.6 Å². The van der Waals surface area contributed by atoms with E-state index in [0.29, 0.717) is 5.92 Å². The Morgan fingerprint density at radius 2 is 1.80 bits per heavy atom. The Morgan fingerprint density at radius 3 is 2.40 bits per heavy atom. The molecule has 90 valence electrons. The largest absolute Gasteiger partial charge is 0.381 e. The van der Waals surface area contributed by atoms with E-state index in [9.17, 15) is 0 Å². The van der Waals surface area contributed by atoms with E-state index >= 15 is 0 Å². The molecule has 1 aliphatic carbocycles. The molecule has 15 heavy (non-hydrogen) atoms. The highest BCUT2D eigenvalue weighted by Crippen LogP contribution is 2.42. The third-order valence-electron chi connectivity index (χ3n) is 3.21. The van der Waals surface area contributed by atoms with Crippen molar-refractivity contribution in [1.82, 2.24) is 0 Å². The highest BCUT2D eigenvalue weighted by atomic mass is 16.5. The van der Waals surface area contributed by atoms with E-state index in [-0.39, 0.29) is 0 Å². The predicted molar refractivity (Wildman–Crippen MR) is 65.9 cm³/mol. The Balaban J connectivity index is 1.89. The van der Waals surface area contributed by atoms with Crippen molar-refractivity contribution in [2.45, 2.75) is 53.4 Å². The summed E-state index contributed by atoms with van der Waals surface area (Å²) in [5, 5.41) is 0. The van der Waals surface area contributed by atoms with Crippen molar-refractivity contribution in [1.29, 1.82) is 0 Å². The minimum absolute atomic E-state index is 0.683. The second kappa shape index (κ2) is 6.52. The van der Waals surface area contributed by atoms with Gasteiger partial charge in [0.1, 0.15) is 0 Å². The summed E-state index contributed by atoms with van der Waals surface area (Å²) in [6, 6.07) is 0. The van der Waals surface area contributed by atoms with Crippen LogP contribution >= 0.6 is 0 Å². The lowest BCUT2D eigenvalue weighted by Gasteiger charge is -2.06. The van der Waals surface area contributed by atoms with Crippen molar-refractivity contribution in [2.75, 3.05) is 13.2 Å². The number of ether oxygens (including phenoxy) is 1. The highest BCUT2D eigenvalue weighted by molar-refractivity contribution is 4.85. The molecule has 1 saturated carbocycles. The summed E-state index contributed by atoms with van der Waals surface area (Å²) in [4.78, 5) is 0. The molecule has 0 amide bonds. The van der Waals surface area contributed by atoms with Crippen molar-refractivity contribution in [3.05, 3.63) is 0 Å². The molecule has 0 unspecified atom stereocenters. The predicted octanol–water partition coefficient (Wildman–Crippen LogP) is 4.12. The molecule has 0 aromatic carbocycles. The maximum absolute atomic E-state index is 5.68. The van der Waals surface area contributed by atoms with Crippen LogP contribution in [0.5, 0.6) is 0 Å². The lowest BCUT2D eigenvalue weighted by atomic mass is 10.0. The van der Waals surface area contributed by atoms with E-state index in [1.165, 1.54) is 25.7 Å². The molecule has 0 aromatic rings. The molecule has 0 radical (unpaired) electrons. The summed E-state index contributed by atoms with van der Waals surface area (Å²) in [5.74, 6) is 3.45. The van der Waals surface area contributed by atoms with Gasteiger partial charge in [-0.3, -0.25) is 0 Å². The van der Waals surface area contributed by atoms with Gasteiger partial charge in [0, 0.05) is 13.2 Å². The molecule has 0 aliphatic heterocycles. The summed E-state index contributed by atoms with van der Waals surface area (Å²) in [6.07, 6.45) is 5.68. The fraction of sp³-hybridized carbons (Fsp3) is 1.00. The molecule has 1 heteroatoms. The van der Waals surface area contributed by atoms with Crippen LogP contribution in [0, 0.1) is 23.7 Å². The van der Waals surface area contributed by atoms with E-state index in [1.54, 1.807) is 0 Å². The van der Waals surface area contributed by atoms with E-state index in [2.05, 4.69) is 27.7 Å². The average molecular weight is 212 g/mol. The first-order valence-electron chi connectivity index (χ1n) is 6.67. The van der Waals surface area contributed by atoms with Crippen LogP contribution < -0.4 is 0 Å². The quantitative estimate of drug-likeness (QED) is 0.588. The Bertz CT molecular complexity index is 145. The van der Waals surface area contributed by atoms with Crippen LogP contribution in [0.2, 0.25) is 0 Å². The fourth-order valence-electron chi connectivity index (χ4n) is 2.11. The first-order chi connectivity index (χ1) is 7.09. The Hall–Kier alpha value is -0.0400. The van der Waals surface area contributed by atoms with E-state index in [1.807, 2.05) is 0 Å². The molecule has 0 N–H and O–H groups in total. The van der Waals surface area contributed by atoms with Gasteiger partial charge >= 0.3 is 0 Å². The van der Waals surface area contributed by atoms with Gasteiger partial charge in [0.25, 0.3) is 0 Å². The second-order valence-electron chi connectivity index (χ2n) is 6.01. The van der Waals surface area contributed by atoms with Gasteiger partial charge in [0.15, 0.2) is 0 Å². The van der Waals surface area contributed by atoms with Gasteiger partial charge in [-0.1, -0.05) is 47.0 Å². The van der Waals surface area contributed by atoms with Crippen molar-refractivity contribution >= 4 is 0 Å². The normalized spacial score (nSPS) is 25.2. The van der Waals surface area contributed by atoms with Gasteiger partial charge in [-0.05, 0) is 30.1 Å². The van der Waals surface area contributed by atoms with Gasteiger partial charge in [-0.15, -0.1) is 0 Å². The summed E-state index contributed by atoms with van der Waals surface area (Å²) < 4.78 is 5.68. The molecule has 1 fully saturated rings. The lowest BCUT2D eigenvalue weighted by molar-refractivity contribution is 0.0977. The lowest BCUT2D eigenvalue weighted by Crippen LogP contribution is -2.05. The molecule has 2 atom stereocenters. The van der Waals surface area contributed by atoms with Crippen LogP contribution in [0.15, 0.2) is 0 Å². The van der Waals surface area contributed by atoms with Crippen LogP contribution in [0.1, 0.15) is 53.4 Å². The number of rotatable bonds is 8. The topological polar surface area (TPSA) is 9.23 Å². The Morgan fingerprint density at radius 1 is 1.07 bits per heavy atom. The summed E-state index contributed by atoms with van der Waals surface area (Å²) >= 11 is 0. The van der Waals surface area contributed by atoms with Crippen LogP contribution in [-0.4, -0.2) is 13.2 Å². The summed E-state index contributed by atoms with van der Waals surface area (Å²) in [6.45, 7) is 11.0. The minimum atomic E-state index is 0.683. The van der Waals surface area contributed by atoms with Crippen molar-refractivity contribution in [3.63, 3.8) is 0 Å². The molecule has 0 heterocycles. The van der Waals surface area contributed by atoms with Crippen LogP contribution in [0.3, 0.4) is 0 Å². The first-order valence-corrected chi connectivity index (χ1v) is 6.67.